The lowest BCUT2D eigenvalue weighted by Crippen LogP contribution is -2.10. The predicted octanol–water partition coefficient (Wildman–Crippen LogP) is 0.899. The number of carbonyl (C=O) groups is 1. The van der Waals surface area contributed by atoms with Gasteiger partial charge in [0.25, 0.3) is 0 Å². The van der Waals surface area contributed by atoms with Crippen molar-refractivity contribution in [3.8, 4) is 0 Å². The molecule has 0 bridgehead atoms. The van der Waals surface area contributed by atoms with Gasteiger partial charge in [-0.2, -0.15) is 0 Å². The molecule has 0 rings (SSSR count). The molecule has 0 aromatic rings. The SMILES string of the molecule is C=C(C)C(=O)O[S+](C)C. The zero-order valence-corrected chi connectivity index (χ0v) is 6.75. The highest BCUT2D eigenvalue weighted by atomic mass is 32.2. The largest absolute Gasteiger partial charge is 0.389 e. The third kappa shape index (κ3) is 4.09. The molecule has 0 spiro atoms. The highest BCUT2D eigenvalue weighted by Gasteiger charge is 2.12. The first-order valence-corrected chi connectivity index (χ1v) is 4.46. The Morgan fingerprint density at radius 2 is 2.00 bits per heavy atom. The van der Waals surface area contributed by atoms with E-state index in [2.05, 4.69) is 6.58 Å². The standard InChI is InChI=1S/C6H11O2S/c1-5(2)6(7)8-9(3)4/h1H2,2-4H3/q+1. The van der Waals surface area contributed by atoms with Crippen molar-refractivity contribution in [3.63, 3.8) is 0 Å². The molecule has 0 N–H and O–H groups in total. The van der Waals surface area contributed by atoms with Gasteiger partial charge in [0, 0.05) is 5.57 Å². The second-order valence-electron chi connectivity index (χ2n) is 1.89. The monoisotopic (exact) mass is 147 g/mol. The maximum absolute atomic E-state index is 10.6. The molecule has 52 valence electrons. The third-order valence-corrected chi connectivity index (χ3v) is 1.08. The second kappa shape index (κ2) is 3.56. The van der Waals surface area contributed by atoms with E-state index in [1.165, 1.54) is 0 Å². The van der Waals surface area contributed by atoms with Crippen molar-refractivity contribution in [2.45, 2.75) is 6.92 Å². The van der Waals surface area contributed by atoms with E-state index in [-0.39, 0.29) is 17.1 Å². The maximum Gasteiger partial charge on any atom is 0.389 e. The van der Waals surface area contributed by atoms with Gasteiger partial charge in [-0.25, -0.2) is 8.98 Å². The summed E-state index contributed by atoms with van der Waals surface area (Å²) in [6.07, 6.45) is 3.67. The molecule has 0 atom stereocenters. The minimum Gasteiger partial charge on any atom is -0.244 e. The Labute approximate surface area is 58.4 Å². The summed E-state index contributed by atoms with van der Waals surface area (Å²) in [6.45, 7) is 5.07. The van der Waals surface area contributed by atoms with E-state index in [1.807, 2.05) is 12.5 Å². The predicted molar refractivity (Wildman–Crippen MR) is 40.1 cm³/mol. The molecule has 9 heavy (non-hydrogen) atoms. The molecule has 0 aliphatic carbocycles. The van der Waals surface area contributed by atoms with Gasteiger partial charge in [0.15, 0.2) is 11.2 Å². The molecule has 0 heterocycles. The van der Waals surface area contributed by atoms with E-state index in [4.69, 9.17) is 4.18 Å². The smallest absolute Gasteiger partial charge is 0.244 e. The third-order valence-electron chi connectivity index (χ3n) is 0.591. The molecule has 3 heteroatoms. The van der Waals surface area contributed by atoms with E-state index in [0.29, 0.717) is 5.57 Å². The minimum absolute atomic E-state index is 0.277. The molecule has 0 saturated carbocycles. The molecule has 0 saturated heterocycles. The van der Waals surface area contributed by atoms with Crippen LogP contribution in [-0.4, -0.2) is 18.5 Å². The Morgan fingerprint density at radius 3 is 2.11 bits per heavy atom. The lowest BCUT2D eigenvalue weighted by atomic mass is 10.4. The van der Waals surface area contributed by atoms with Gasteiger partial charge in [0.05, 0.1) is 0 Å². The van der Waals surface area contributed by atoms with Gasteiger partial charge in [-0.15, -0.1) is 0 Å². The Morgan fingerprint density at radius 1 is 1.56 bits per heavy atom. The molecule has 0 aliphatic rings. The van der Waals surface area contributed by atoms with E-state index in [9.17, 15) is 4.79 Å². The van der Waals surface area contributed by atoms with Crippen molar-refractivity contribution in [1.29, 1.82) is 0 Å². The van der Waals surface area contributed by atoms with Gasteiger partial charge in [0.2, 0.25) is 0 Å². The highest BCUT2D eigenvalue weighted by molar-refractivity contribution is 7.91. The summed E-state index contributed by atoms with van der Waals surface area (Å²) >= 11 is -0.277. The minimum atomic E-state index is -0.302. The van der Waals surface area contributed by atoms with Crippen LogP contribution in [0.25, 0.3) is 0 Å². The Balaban J connectivity index is 3.65. The fourth-order valence-electron chi connectivity index (χ4n) is 0.223. The van der Waals surface area contributed by atoms with Crippen molar-refractivity contribution >= 4 is 17.1 Å². The van der Waals surface area contributed by atoms with Crippen LogP contribution < -0.4 is 0 Å². The van der Waals surface area contributed by atoms with Gasteiger partial charge in [-0.1, -0.05) is 6.58 Å². The molecule has 0 radical (unpaired) electrons. The van der Waals surface area contributed by atoms with Crippen molar-refractivity contribution in [2.24, 2.45) is 0 Å². The van der Waals surface area contributed by atoms with E-state index >= 15 is 0 Å². The van der Waals surface area contributed by atoms with Crippen LogP contribution in [0.5, 0.6) is 0 Å². The van der Waals surface area contributed by atoms with E-state index in [0.717, 1.165) is 0 Å². The molecule has 0 fully saturated rings. The lowest BCUT2D eigenvalue weighted by Gasteiger charge is -1.94. The first-order valence-electron chi connectivity index (χ1n) is 2.49. The van der Waals surface area contributed by atoms with Gasteiger partial charge >= 0.3 is 5.97 Å². The number of hydrogen-bond acceptors (Lipinski definition) is 2. The summed E-state index contributed by atoms with van der Waals surface area (Å²) < 4.78 is 4.80. The van der Waals surface area contributed by atoms with Crippen LogP contribution in [-0.2, 0) is 20.2 Å². The average molecular weight is 147 g/mol. The summed E-state index contributed by atoms with van der Waals surface area (Å²) in [5, 5.41) is 0. The lowest BCUT2D eigenvalue weighted by molar-refractivity contribution is -0.129. The van der Waals surface area contributed by atoms with Crippen molar-refractivity contribution in [3.05, 3.63) is 12.2 Å². The van der Waals surface area contributed by atoms with E-state index in [1.54, 1.807) is 6.92 Å². The molecule has 0 aliphatic heterocycles. The van der Waals surface area contributed by atoms with Crippen LogP contribution >= 0.6 is 0 Å². The normalized spacial score (nSPS) is 9.33. The Kier molecular flexibility index (Phi) is 3.39. The second-order valence-corrected chi connectivity index (χ2v) is 3.54. The quantitative estimate of drug-likeness (QED) is 0.428. The van der Waals surface area contributed by atoms with Gasteiger partial charge in [-0.3, -0.25) is 0 Å². The molecule has 0 amide bonds. The zero-order valence-electron chi connectivity index (χ0n) is 5.93. The molecular formula is C6H11O2S+. The fraction of sp³-hybridized carbons (Fsp3) is 0.500. The van der Waals surface area contributed by atoms with Crippen LogP contribution in [0.4, 0.5) is 0 Å². The number of hydrogen-bond donors (Lipinski definition) is 0. The van der Waals surface area contributed by atoms with Gasteiger partial charge in [0.1, 0.15) is 12.5 Å². The van der Waals surface area contributed by atoms with Crippen molar-refractivity contribution in [1.82, 2.24) is 0 Å². The fourth-order valence-corrected chi connectivity index (χ4v) is 0.668. The molecule has 0 aromatic heterocycles. The van der Waals surface area contributed by atoms with Gasteiger partial charge < -0.3 is 0 Å². The molecule has 0 aromatic carbocycles. The summed E-state index contributed by atoms with van der Waals surface area (Å²) in [5.74, 6) is -0.302. The first-order chi connectivity index (χ1) is 4.04. The number of carbonyl (C=O) groups excluding carboxylic acids is 1. The molecular weight excluding hydrogens is 136 g/mol. The Bertz CT molecular complexity index is 129. The van der Waals surface area contributed by atoms with Crippen LogP contribution in [0.15, 0.2) is 12.2 Å². The van der Waals surface area contributed by atoms with E-state index < -0.39 is 0 Å². The van der Waals surface area contributed by atoms with Crippen molar-refractivity contribution in [2.75, 3.05) is 12.5 Å². The van der Waals surface area contributed by atoms with Crippen LogP contribution in [0, 0.1) is 0 Å². The summed E-state index contributed by atoms with van der Waals surface area (Å²) in [4.78, 5) is 10.6. The summed E-state index contributed by atoms with van der Waals surface area (Å²) in [7, 11) is 0. The maximum atomic E-state index is 10.6. The van der Waals surface area contributed by atoms with Gasteiger partial charge in [-0.05, 0) is 6.92 Å². The molecule has 0 unspecified atom stereocenters. The average Bonchev–Trinajstić information content (AvgIpc) is 1.63. The summed E-state index contributed by atoms with van der Waals surface area (Å²) in [6, 6.07) is 0. The number of rotatable bonds is 2. The zero-order chi connectivity index (χ0) is 7.44. The van der Waals surface area contributed by atoms with Crippen LogP contribution in [0.2, 0.25) is 0 Å². The summed E-state index contributed by atoms with van der Waals surface area (Å²) in [5.41, 5.74) is 0.455. The van der Waals surface area contributed by atoms with Crippen LogP contribution in [0.1, 0.15) is 6.92 Å². The Hall–Kier alpha value is -0.440. The highest BCUT2D eigenvalue weighted by Crippen LogP contribution is 1.96. The molecule has 2 nitrogen and oxygen atoms in total. The van der Waals surface area contributed by atoms with Crippen LogP contribution in [0.3, 0.4) is 0 Å². The topological polar surface area (TPSA) is 26.3 Å². The van der Waals surface area contributed by atoms with Crippen molar-refractivity contribution < 1.29 is 8.98 Å². The first kappa shape index (κ1) is 8.56.